The molecular weight excluding hydrogens is 367 g/mol. The molecule has 1 fully saturated rings. The van der Waals surface area contributed by atoms with Gasteiger partial charge in [-0.3, -0.25) is 10.2 Å². The first-order valence-electron chi connectivity index (χ1n) is 7.24. The number of nitrogens with one attached hydrogen (secondary N) is 1. The lowest BCUT2D eigenvalue weighted by molar-refractivity contribution is -0.126. The molecule has 0 radical (unpaired) electrons. The molecule has 3 rings (SSSR count). The molecule has 1 amide bonds. The number of aromatic nitrogens is 1. The average Bonchev–Trinajstić information content (AvgIpc) is 2.91. The molecule has 2 heterocycles. The van der Waals surface area contributed by atoms with Crippen LogP contribution in [0.25, 0.3) is 0 Å². The summed E-state index contributed by atoms with van der Waals surface area (Å²) in [5.41, 5.74) is 5.17. The molecule has 0 bridgehead atoms. The minimum atomic E-state index is -0.137. The van der Waals surface area contributed by atoms with Crippen LogP contribution in [0.2, 0.25) is 10.0 Å². The van der Waals surface area contributed by atoms with E-state index in [2.05, 4.69) is 10.4 Å². The molecule has 1 aromatic heterocycles. The third kappa shape index (κ3) is 3.55. The predicted molar refractivity (Wildman–Crippen MR) is 101 cm³/mol. The van der Waals surface area contributed by atoms with Gasteiger partial charge in [0, 0.05) is 26.0 Å². The Kier molecular flexibility index (Phi) is 5.08. The molecule has 24 heavy (non-hydrogen) atoms. The summed E-state index contributed by atoms with van der Waals surface area (Å²) in [4.78, 5) is 18.4. The summed E-state index contributed by atoms with van der Waals surface area (Å²) in [6.45, 7) is 0. The number of amides is 1. The highest BCUT2D eigenvalue weighted by atomic mass is 35.5. The van der Waals surface area contributed by atoms with Gasteiger partial charge in [-0.15, -0.1) is 11.8 Å². The fourth-order valence-electron chi connectivity index (χ4n) is 2.34. The van der Waals surface area contributed by atoms with Crippen LogP contribution in [0.1, 0.15) is 10.9 Å². The molecule has 0 unspecified atom stereocenters. The molecule has 0 saturated carbocycles. The molecule has 1 aliphatic heterocycles. The van der Waals surface area contributed by atoms with Gasteiger partial charge in [-0.1, -0.05) is 35.3 Å². The Morgan fingerprint density at radius 3 is 2.62 bits per heavy atom. The highest BCUT2D eigenvalue weighted by Crippen LogP contribution is 2.39. The van der Waals surface area contributed by atoms with E-state index in [1.807, 2.05) is 43.3 Å². The molecule has 8 heteroatoms. The smallest absolute Gasteiger partial charge is 0.252 e. The number of rotatable bonds is 4. The SMILES string of the molecule is CN(C)c1ccc([C@@H]2SCC(=O)N2Nc2ncc(Cl)cc2Cl)cc1. The molecule has 1 aromatic carbocycles. The standard InChI is InChI=1S/C16H16Cl2N4OS/c1-21(2)12-5-3-10(4-6-12)16-22(14(23)9-24-16)20-15-13(18)7-11(17)8-19-15/h3-8,16H,9H2,1-2H3,(H,19,20)/t16-/m0/s1. The van der Waals surface area contributed by atoms with Crippen LogP contribution in [0.15, 0.2) is 36.5 Å². The molecule has 1 aliphatic rings. The van der Waals surface area contributed by atoms with Crippen molar-refractivity contribution in [2.45, 2.75) is 5.37 Å². The third-order valence-corrected chi connectivity index (χ3v) is 5.30. The van der Waals surface area contributed by atoms with E-state index >= 15 is 0 Å². The first-order valence-corrected chi connectivity index (χ1v) is 9.05. The number of carbonyl (C=O) groups excluding carboxylic acids is 1. The molecule has 0 spiro atoms. The van der Waals surface area contributed by atoms with Gasteiger partial charge in [-0.05, 0) is 23.8 Å². The van der Waals surface area contributed by atoms with Gasteiger partial charge in [0.15, 0.2) is 5.82 Å². The highest BCUT2D eigenvalue weighted by molar-refractivity contribution is 8.00. The topological polar surface area (TPSA) is 48.5 Å². The normalized spacial score (nSPS) is 17.2. The van der Waals surface area contributed by atoms with Crippen LogP contribution in [0.3, 0.4) is 0 Å². The quantitative estimate of drug-likeness (QED) is 0.863. The second-order valence-electron chi connectivity index (χ2n) is 5.51. The zero-order valence-electron chi connectivity index (χ0n) is 13.2. The van der Waals surface area contributed by atoms with E-state index in [9.17, 15) is 4.79 Å². The zero-order valence-corrected chi connectivity index (χ0v) is 15.5. The summed E-state index contributed by atoms with van der Waals surface area (Å²) >= 11 is 13.6. The maximum atomic E-state index is 12.3. The lowest BCUT2D eigenvalue weighted by atomic mass is 10.2. The van der Waals surface area contributed by atoms with Crippen molar-refractivity contribution < 1.29 is 4.79 Å². The van der Waals surface area contributed by atoms with E-state index in [4.69, 9.17) is 23.2 Å². The number of halogens is 2. The lowest BCUT2D eigenvalue weighted by Gasteiger charge is -2.26. The van der Waals surface area contributed by atoms with Crippen molar-refractivity contribution in [1.29, 1.82) is 0 Å². The number of carbonyl (C=O) groups is 1. The maximum absolute atomic E-state index is 12.3. The number of thioether (sulfide) groups is 1. The van der Waals surface area contributed by atoms with E-state index in [0.717, 1.165) is 11.3 Å². The van der Waals surface area contributed by atoms with Crippen LogP contribution in [-0.2, 0) is 4.79 Å². The van der Waals surface area contributed by atoms with Crippen molar-refractivity contribution in [2.75, 3.05) is 30.2 Å². The van der Waals surface area contributed by atoms with Crippen molar-refractivity contribution >= 4 is 52.4 Å². The van der Waals surface area contributed by atoms with Crippen LogP contribution >= 0.6 is 35.0 Å². The Bertz CT molecular complexity index is 754. The summed E-state index contributed by atoms with van der Waals surface area (Å²) in [7, 11) is 3.98. The van der Waals surface area contributed by atoms with Gasteiger partial charge < -0.3 is 4.90 Å². The second kappa shape index (κ2) is 7.09. The monoisotopic (exact) mass is 382 g/mol. The van der Waals surface area contributed by atoms with Crippen LogP contribution in [0.4, 0.5) is 11.5 Å². The number of nitrogens with zero attached hydrogens (tertiary/aromatic N) is 3. The van der Waals surface area contributed by atoms with E-state index in [1.54, 1.807) is 22.8 Å². The predicted octanol–water partition coefficient (Wildman–Crippen LogP) is 4.06. The third-order valence-electron chi connectivity index (χ3n) is 3.60. The van der Waals surface area contributed by atoms with Crippen LogP contribution in [-0.4, -0.2) is 35.7 Å². The van der Waals surface area contributed by atoms with Gasteiger partial charge in [-0.2, -0.15) is 0 Å². The Labute approximate surface area is 154 Å². The van der Waals surface area contributed by atoms with E-state index in [0.29, 0.717) is 21.6 Å². The average molecular weight is 383 g/mol. The first kappa shape index (κ1) is 17.2. The van der Waals surface area contributed by atoms with Crippen LogP contribution < -0.4 is 10.3 Å². The summed E-state index contributed by atoms with van der Waals surface area (Å²) in [5, 5.41) is 2.25. The molecule has 126 valence electrons. The van der Waals surface area contributed by atoms with Crippen molar-refractivity contribution in [2.24, 2.45) is 0 Å². The minimum Gasteiger partial charge on any atom is -0.378 e. The lowest BCUT2D eigenvalue weighted by Crippen LogP contribution is -2.34. The number of anilines is 2. The van der Waals surface area contributed by atoms with Gasteiger partial charge in [0.05, 0.1) is 15.8 Å². The molecule has 1 N–H and O–H groups in total. The van der Waals surface area contributed by atoms with E-state index in [1.165, 1.54) is 6.20 Å². The van der Waals surface area contributed by atoms with E-state index < -0.39 is 0 Å². The molecule has 1 atom stereocenters. The first-order chi connectivity index (χ1) is 11.5. The van der Waals surface area contributed by atoms with Crippen molar-refractivity contribution in [3.05, 3.63) is 52.1 Å². The van der Waals surface area contributed by atoms with Crippen LogP contribution in [0, 0.1) is 0 Å². The van der Waals surface area contributed by atoms with Gasteiger partial charge in [-0.25, -0.2) is 9.99 Å². The molecule has 2 aromatic rings. The van der Waals surface area contributed by atoms with Crippen LogP contribution in [0.5, 0.6) is 0 Å². The molecule has 1 saturated heterocycles. The fraction of sp³-hybridized carbons (Fsp3) is 0.250. The maximum Gasteiger partial charge on any atom is 0.252 e. The number of hydrazine groups is 1. The number of hydrogen-bond donors (Lipinski definition) is 1. The molecular formula is C16H16Cl2N4OS. The van der Waals surface area contributed by atoms with Crippen molar-refractivity contribution in [1.82, 2.24) is 9.99 Å². The Morgan fingerprint density at radius 2 is 2.00 bits per heavy atom. The Hall–Kier alpha value is -1.63. The van der Waals surface area contributed by atoms with Gasteiger partial charge in [0.1, 0.15) is 5.37 Å². The summed E-state index contributed by atoms with van der Waals surface area (Å²) in [6, 6.07) is 9.70. The van der Waals surface area contributed by atoms with Crippen molar-refractivity contribution in [3.63, 3.8) is 0 Å². The van der Waals surface area contributed by atoms with Gasteiger partial charge in [0.2, 0.25) is 0 Å². The summed E-state index contributed by atoms with van der Waals surface area (Å²) in [5.74, 6) is 0.791. The zero-order chi connectivity index (χ0) is 17.3. The van der Waals surface area contributed by atoms with Crippen molar-refractivity contribution in [3.8, 4) is 0 Å². The Morgan fingerprint density at radius 1 is 1.29 bits per heavy atom. The number of benzene rings is 1. The number of hydrogen-bond acceptors (Lipinski definition) is 5. The largest absolute Gasteiger partial charge is 0.378 e. The highest BCUT2D eigenvalue weighted by Gasteiger charge is 2.33. The Balaban J connectivity index is 1.83. The van der Waals surface area contributed by atoms with E-state index in [-0.39, 0.29) is 11.3 Å². The fourth-order valence-corrected chi connectivity index (χ4v) is 3.87. The molecule has 5 nitrogen and oxygen atoms in total. The molecule has 0 aliphatic carbocycles. The summed E-state index contributed by atoms with van der Waals surface area (Å²) < 4.78 is 0. The number of pyridine rings is 1. The van der Waals surface area contributed by atoms with Gasteiger partial charge in [0.25, 0.3) is 5.91 Å². The minimum absolute atomic E-state index is 0.0190. The second-order valence-corrected chi connectivity index (χ2v) is 7.42. The van der Waals surface area contributed by atoms with Gasteiger partial charge >= 0.3 is 0 Å². The summed E-state index contributed by atoms with van der Waals surface area (Å²) in [6.07, 6.45) is 1.49.